The number of aryl methyl sites for hydroxylation is 1. The van der Waals surface area contributed by atoms with E-state index in [0.717, 1.165) is 48.8 Å². The number of carbonyl (C=O) groups excluding carboxylic acids is 1. The van der Waals surface area contributed by atoms with Gasteiger partial charge in [-0.25, -0.2) is 9.78 Å². The Kier molecular flexibility index (Phi) is 8.40. The van der Waals surface area contributed by atoms with Crippen LogP contribution in [0.1, 0.15) is 11.1 Å². The summed E-state index contributed by atoms with van der Waals surface area (Å²) in [6.07, 6.45) is 1.53. The summed E-state index contributed by atoms with van der Waals surface area (Å²) in [4.78, 5) is 23.8. The first-order valence-corrected chi connectivity index (χ1v) is 13.1. The predicted molar refractivity (Wildman–Crippen MR) is 157 cm³/mol. The molecule has 3 aromatic carbocycles. The molecular weight excluding hydrogens is 514 g/mol. The Bertz CT molecular complexity index is 1430. The van der Waals surface area contributed by atoms with Crippen LogP contribution < -0.4 is 26.2 Å². The number of para-hydroxylation sites is 2. The highest BCUT2D eigenvalue weighted by atomic mass is 35.5. The Morgan fingerprint density at radius 1 is 0.974 bits per heavy atom. The number of hydrogen-bond acceptors (Lipinski definition) is 7. The van der Waals surface area contributed by atoms with Crippen molar-refractivity contribution in [2.45, 2.75) is 13.5 Å². The van der Waals surface area contributed by atoms with Gasteiger partial charge in [-0.05, 0) is 48.9 Å². The zero-order chi connectivity index (χ0) is 27.0. The van der Waals surface area contributed by atoms with Gasteiger partial charge in [-0.2, -0.15) is 4.98 Å². The monoisotopic (exact) mass is 543 g/mol. The number of anilines is 6. The lowest BCUT2D eigenvalue weighted by molar-refractivity contribution is 0.122. The number of nitrogens with one attached hydrogen (secondary N) is 4. The topological polar surface area (TPSA) is 103 Å². The molecule has 1 fully saturated rings. The summed E-state index contributed by atoms with van der Waals surface area (Å²) in [5.74, 6) is 0.802. The first-order chi connectivity index (χ1) is 19.0. The van der Waals surface area contributed by atoms with E-state index in [0.29, 0.717) is 34.7 Å². The van der Waals surface area contributed by atoms with Crippen LogP contribution in [0.15, 0.2) is 79.0 Å². The van der Waals surface area contributed by atoms with Gasteiger partial charge in [-0.1, -0.05) is 53.6 Å². The second-order valence-corrected chi connectivity index (χ2v) is 9.54. The van der Waals surface area contributed by atoms with E-state index in [1.165, 1.54) is 6.20 Å². The van der Waals surface area contributed by atoms with E-state index >= 15 is 0 Å². The van der Waals surface area contributed by atoms with Crippen LogP contribution in [0.2, 0.25) is 5.02 Å². The third kappa shape index (κ3) is 7.16. The van der Waals surface area contributed by atoms with Crippen LogP contribution in [0.5, 0.6) is 0 Å². The number of amides is 2. The minimum atomic E-state index is -0.317. The molecule has 4 N–H and O–H groups in total. The van der Waals surface area contributed by atoms with E-state index in [1.54, 1.807) is 6.07 Å². The van der Waals surface area contributed by atoms with E-state index < -0.39 is 0 Å². The zero-order valence-corrected chi connectivity index (χ0v) is 22.3. The van der Waals surface area contributed by atoms with Crippen molar-refractivity contribution in [3.8, 4) is 0 Å². The second kappa shape index (κ2) is 12.5. The van der Waals surface area contributed by atoms with Crippen molar-refractivity contribution < 1.29 is 9.53 Å². The van der Waals surface area contributed by atoms with Gasteiger partial charge in [0, 0.05) is 31.0 Å². The summed E-state index contributed by atoms with van der Waals surface area (Å²) >= 11 is 6.41. The first-order valence-electron chi connectivity index (χ1n) is 12.7. The molecule has 2 amide bonds. The predicted octanol–water partition coefficient (Wildman–Crippen LogP) is 6.08. The number of hydrogen-bond donors (Lipinski definition) is 4. The third-order valence-electron chi connectivity index (χ3n) is 6.21. The molecule has 0 bridgehead atoms. The lowest BCUT2D eigenvalue weighted by Crippen LogP contribution is -2.36. The van der Waals surface area contributed by atoms with Gasteiger partial charge in [-0.3, -0.25) is 0 Å². The molecule has 0 saturated carbocycles. The van der Waals surface area contributed by atoms with Gasteiger partial charge >= 0.3 is 6.03 Å². The normalized spacial score (nSPS) is 13.0. The molecule has 4 aromatic rings. The number of carbonyl (C=O) groups is 1. The number of nitrogens with zero attached hydrogens (tertiary/aromatic N) is 3. The van der Waals surface area contributed by atoms with Crippen molar-refractivity contribution in [1.82, 2.24) is 15.3 Å². The Hall–Kier alpha value is -4.34. The molecule has 9 nitrogen and oxygen atoms in total. The fourth-order valence-corrected chi connectivity index (χ4v) is 4.36. The Morgan fingerprint density at radius 2 is 1.74 bits per heavy atom. The second-order valence-electron chi connectivity index (χ2n) is 9.13. The van der Waals surface area contributed by atoms with E-state index in [9.17, 15) is 4.79 Å². The van der Waals surface area contributed by atoms with Gasteiger partial charge in [0.25, 0.3) is 0 Å². The molecule has 0 radical (unpaired) electrons. The Morgan fingerprint density at radius 3 is 2.51 bits per heavy atom. The number of aromatic nitrogens is 2. The third-order valence-corrected chi connectivity index (χ3v) is 6.48. The lowest BCUT2D eigenvalue weighted by Gasteiger charge is -2.28. The highest BCUT2D eigenvalue weighted by Gasteiger charge is 2.13. The van der Waals surface area contributed by atoms with Crippen LogP contribution in [0.3, 0.4) is 0 Å². The molecule has 10 heteroatoms. The highest BCUT2D eigenvalue weighted by Crippen LogP contribution is 2.29. The van der Waals surface area contributed by atoms with Crippen LogP contribution in [0.25, 0.3) is 0 Å². The molecule has 1 aliphatic rings. The van der Waals surface area contributed by atoms with Gasteiger partial charge in [0.1, 0.15) is 5.02 Å². The molecular formula is C29H30ClN7O2. The number of benzene rings is 3. The average molecular weight is 544 g/mol. The SMILES string of the molecule is Cc1cccc(CNC(=O)Nc2ccccc2Nc2nc(Nc3ccc(N4CCOCC4)cc3)ncc2Cl)c1. The van der Waals surface area contributed by atoms with Crippen LogP contribution in [0, 0.1) is 6.92 Å². The van der Waals surface area contributed by atoms with Crippen LogP contribution >= 0.6 is 11.6 Å². The Balaban J connectivity index is 1.23. The summed E-state index contributed by atoms with van der Waals surface area (Å²) in [5.41, 5.74) is 5.40. The van der Waals surface area contributed by atoms with Crippen molar-refractivity contribution in [2.24, 2.45) is 0 Å². The van der Waals surface area contributed by atoms with Gasteiger partial charge in [0.05, 0.1) is 30.8 Å². The Labute approximate surface area is 232 Å². The molecule has 0 aliphatic carbocycles. The minimum absolute atomic E-state index is 0.317. The van der Waals surface area contributed by atoms with Crippen molar-refractivity contribution >= 4 is 52.1 Å². The summed E-state index contributed by atoms with van der Waals surface area (Å²) in [6.45, 7) is 5.69. The van der Waals surface area contributed by atoms with E-state index in [-0.39, 0.29) is 6.03 Å². The van der Waals surface area contributed by atoms with Gasteiger partial charge < -0.3 is 30.9 Å². The van der Waals surface area contributed by atoms with Crippen LogP contribution in [-0.2, 0) is 11.3 Å². The zero-order valence-electron chi connectivity index (χ0n) is 21.6. The van der Waals surface area contributed by atoms with Crippen LogP contribution in [-0.4, -0.2) is 42.3 Å². The van der Waals surface area contributed by atoms with E-state index in [1.807, 2.05) is 61.5 Å². The molecule has 0 spiro atoms. The number of rotatable bonds is 8. The van der Waals surface area contributed by atoms with Crippen LogP contribution in [0.4, 0.5) is 39.3 Å². The number of morpholine rings is 1. The molecule has 0 atom stereocenters. The quantitative estimate of drug-likeness (QED) is 0.213. The maximum absolute atomic E-state index is 12.6. The standard InChI is InChI=1S/C29H30ClN7O2/c1-20-5-4-6-21(17-20)18-32-29(38)35-26-8-3-2-7-25(26)34-27-24(30)19-31-28(36-27)33-22-9-11-23(12-10-22)37-13-15-39-16-14-37/h2-12,17,19H,13-16,18H2,1H3,(H2,32,35,38)(H2,31,33,34,36). The number of urea groups is 1. The largest absolute Gasteiger partial charge is 0.378 e. The number of ether oxygens (including phenoxy) is 1. The molecule has 200 valence electrons. The molecule has 2 heterocycles. The summed E-state index contributed by atoms with van der Waals surface area (Å²) < 4.78 is 5.43. The smallest absolute Gasteiger partial charge is 0.319 e. The summed E-state index contributed by atoms with van der Waals surface area (Å²) in [5, 5.41) is 12.6. The summed E-state index contributed by atoms with van der Waals surface area (Å²) in [7, 11) is 0. The minimum Gasteiger partial charge on any atom is -0.378 e. The maximum Gasteiger partial charge on any atom is 0.319 e. The van der Waals surface area contributed by atoms with E-state index in [2.05, 4.69) is 48.3 Å². The fourth-order valence-electron chi connectivity index (χ4n) is 4.22. The fraction of sp³-hybridized carbons (Fsp3) is 0.207. The molecule has 1 aliphatic heterocycles. The molecule has 0 unspecified atom stereocenters. The molecule has 39 heavy (non-hydrogen) atoms. The van der Waals surface area contributed by atoms with E-state index in [4.69, 9.17) is 16.3 Å². The molecule has 1 saturated heterocycles. The lowest BCUT2D eigenvalue weighted by atomic mass is 10.1. The van der Waals surface area contributed by atoms with Crippen molar-refractivity contribution in [2.75, 3.05) is 47.2 Å². The van der Waals surface area contributed by atoms with Crippen molar-refractivity contribution in [3.63, 3.8) is 0 Å². The number of halogens is 1. The summed E-state index contributed by atoms with van der Waals surface area (Å²) in [6, 6.07) is 23.1. The van der Waals surface area contributed by atoms with Crippen molar-refractivity contribution in [1.29, 1.82) is 0 Å². The van der Waals surface area contributed by atoms with Gasteiger partial charge in [0.2, 0.25) is 5.95 Å². The highest BCUT2D eigenvalue weighted by molar-refractivity contribution is 6.33. The molecule has 5 rings (SSSR count). The first kappa shape index (κ1) is 26.3. The molecule has 1 aromatic heterocycles. The maximum atomic E-state index is 12.6. The van der Waals surface area contributed by atoms with Gasteiger partial charge in [-0.15, -0.1) is 0 Å². The average Bonchev–Trinajstić information content (AvgIpc) is 2.96. The van der Waals surface area contributed by atoms with Crippen molar-refractivity contribution in [3.05, 3.63) is 95.1 Å². The van der Waals surface area contributed by atoms with Gasteiger partial charge in [0.15, 0.2) is 5.82 Å².